The molecule has 0 unspecified atom stereocenters. The van der Waals surface area contributed by atoms with Crippen LogP contribution in [0.3, 0.4) is 0 Å². The Kier molecular flexibility index (Phi) is 6.76. The van der Waals surface area contributed by atoms with Crippen LogP contribution in [0.5, 0.6) is 0 Å². The zero-order valence-electron chi connectivity index (χ0n) is 21.3. The number of halogens is 2. The molecule has 3 aromatic rings. The third-order valence-electron chi connectivity index (χ3n) is 8.42. The summed E-state index contributed by atoms with van der Waals surface area (Å²) >= 11 is 13.1. The van der Waals surface area contributed by atoms with Gasteiger partial charge in [-0.1, -0.05) is 52.3 Å². The largest absolute Gasteiger partial charge is 0.465 e. The quantitative estimate of drug-likeness (QED) is 0.230. The van der Waals surface area contributed by atoms with Gasteiger partial charge in [-0.3, -0.25) is 0 Å². The van der Waals surface area contributed by atoms with Crippen molar-refractivity contribution >= 4 is 29.2 Å². The zero-order chi connectivity index (χ0) is 26.3. The van der Waals surface area contributed by atoms with E-state index in [1.165, 1.54) is 7.11 Å². The van der Waals surface area contributed by atoms with Gasteiger partial charge in [0.05, 0.1) is 34.9 Å². The first-order valence-electron chi connectivity index (χ1n) is 13.2. The van der Waals surface area contributed by atoms with Crippen molar-refractivity contribution in [3.05, 3.63) is 75.0 Å². The lowest BCUT2D eigenvalue weighted by Gasteiger charge is -2.51. The minimum Gasteiger partial charge on any atom is -0.465 e. The van der Waals surface area contributed by atoms with Gasteiger partial charge in [-0.25, -0.2) is 4.79 Å². The maximum atomic E-state index is 11.9. The first kappa shape index (κ1) is 25.5. The van der Waals surface area contributed by atoms with Crippen LogP contribution >= 0.6 is 23.2 Å². The van der Waals surface area contributed by atoms with E-state index in [1.54, 1.807) is 12.1 Å². The van der Waals surface area contributed by atoms with Crippen molar-refractivity contribution in [2.75, 3.05) is 7.11 Å². The molecule has 4 saturated carbocycles. The van der Waals surface area contributed by atoms with Crippen molar-refractivity contribution in [2.45, 2.75) is 69.5 Å². The molecule has 5 nitrogen and oxygen atoms in total. The highest BCUT2D eigenvalue weighted by Gasteiger charge is 2.49. The molecular formula is C31H29Cl2NO4. The van der Waals surface area contributed by atoms with Gasteiger partial charge in [-0.2, -0.15) is 0 Å². The molecule has 7 heteroatoms. The summed E-state index contributed by atoms with van der Waals surface area (Å²) in [6.07, 6.45) is 8.11. The summed E-state index contributed by atoms with van der Waals surface area (Å²) in [5, 5.41) is 5.52. The summed E-state index contributed by atoms with van der Waals surface area (Å²) in [5.41, 5.74) is 3.58. The summed E-state index contributed by atoms with van der Waals surface area (Å²) in [4.78, 5) is 11.9. The summed E-state index contributed by atoms with van der Waals surface area (Å²) in [7, 11) is 1.39. The number of aromatic nitrogens is 1. The minimum absolute atomic E-state index is 0.000994. The van der Waals surface area contributed by atoms with Gasteiger partial charge in [0.2, 0.25) is 0 Å². The molecule has 196 valence electrons. The molecule has 0 saturated heterocycles. The fourth-order valence-corrected chi connectivity index (χ4v) is 6.45. The van der Waals surface area contributed by atoms with Gasteiger partial charge in [0, 0.05) is 28.0 Å². The first-order chi connectivity index (χ1) is 18.4. The number of rotatable bonds is 6. The Labute approximate surface area is 232 Å². The molecule has 4 aliphatic carbocycles. The fraction of sp³-hybridized carbons (Fsp3) is 0.419. The number of nitrogens with zero attached hydrogens (tertiary/aromatic N) is 1. The second kappa shape index (κ2) is 10.1. The van der Waals surface area contributed by atoms with Crippen molar-refractivity contribution in [2.24, 2.45) is 5.41 Å². The van der Waals surface area contributed by atoms with Crippen LogP contribution in [-0.4, -0.2) is 23.8 Å². The Bertz CT molecular complexity index is 1400. The van der Waals surface area contributed by atoms with Crippen molar-refractivity contribution in [3.8, 4) is 23.1 Å². The van der Waals surface area contributed by atoms with Crippen LogP contribution in [0.2, 0.25) is 10.0 Å². The SMILES string of the molecule is COC(=O)c1cccc(C#CC23CCC(OCc4c(-c5c(Cl)cccc5Cl)noc4C4CC4)(CC2)CC3)c1. The Hall–Kier alpha value is -2.78. The number of esters is 1. The van der Waals surface area contributed by atoms with E-state index in [1.807, 2.05) is 30.3 Å². The van der Waals surface area contributed by atoms with Crippen molar-refractivity contribution in [3.63, 3.8) is 0 Å². The molecule has 2 aromatic carbocycles. The third-order valence-corrected chi connectivity index (χ3v) is 9.05. The Morgan fingerprint density at radius 3 is 2.39 bits per heavy atom. The second-order valence-corrected chi connectivity index (χ2v) is 11.6. The molecule has 4 fully saturated rings. The fourth-order valence-electron chi connectivity index (χ4n) is 5.88. The predicted octanol–water partition coefficient (Wildman–Crippen LogP) is 7.97. The second-order valence-electron chi connectivity index (χ2n) is 10.8. The number of ether oxygens (including phenoxy) is 2. The number of hydrogen-bond donors (Lipinski definition) is 0. The molecule has 0 atom stereocenters. The van der Waals surface area contributed by atoms with E-state index in [0.29, 0.717) is 39.4 Å². The topological polar surface area (TPSA) is 61.6 Å². The minimum atomic E-state index is -0.346. The molecule has 0 radical (unpaired) electrons. The number of methoxy groups -OCH3 is 1. The van der Waals surface area contributed by atoms with Crippen molar-refractivity contribution in [1.82, 2.24) is 5.16 Å². The number of benzene rings is 2. The van der Waals surface area contributed by atoms with E-state index < -0.39 is 0 Å². The molecule has 7 rings (SSSR count). The highest BCUT2D eigenvalue weighted by Crippen LogP contribution is 2.54. The number of carbonyl (C=O) groups is 1. The van der Waals surface area contributed by atoms with Crippen LogP contribution in [-0.2, 0) is 16.1 Å². The van der Waals surface area contributed by atoms with Gasteiger partial charge in [-0.15, -0.1) is 0 Å². The highest BCUT2D eigenvalue weighted by atomic mass is 35.5. The molecule has 4 aliphatic rings. The molecule has 0 spiro atoms. The van der Waals surface area contributed by atoms with Gasteiger partial charge in [0.25, 0.3) is 0 Å². The van der Waals surface area contributed by atoms with E-state index in [2.05, 4.69) is 17.0 Å². The summed E-state index contributed by atoms with van der Waals surface area (Å²) < 4.78 is 17.4. The normalized spacial score (nSPS) is 24.1. The first-order valence-corrected chi connectivity index (χ1v) is 13.9. The van der Waals surface area contributed by atoms with Crippen LogP contribution < -0.4 is 0 Å². The predicted molar refractivity (Wildman–Crippen MR) is 146 cm³/mol. The van der Waals surface area contributed by atoms with Gasteiger partial charge in [0.1, 0.15) is 11.5 Å². The standard InChI is InChI=1S/C31H29Cl2NO4/c1-36-29(35)22-5-2-4-20(18-22)10-11-30-12-15-31(16-13-30,17-14-30)37-19-23-27(34-38-28(23)21-8-9-21)26-24(32)6-3-7-25(26)33/h2-7,18,21H,8-9,12-17,19H2,1H3. The van der Waals surface area contributed by atoms with Crippen molar-refractivity contribution in [1.29, 1.82) is 0 Å². The van der Waals surface area contributed by atoms with Crippen molar-refractivity contribution < 1.29 is 18.8 Å². The Morgan fingerprint density at radius 2 is 1.74 bits per heavy atom. The van der Waals surface area contributed by atoms with E-state index in [4.69, 9.17) is 37.2 Å². The van der Waals surface area contributed by atoms with Crippen LogP contribution in [0.1, 0.15) is 84.5 Å². The van der Waals surface area contributed by atoms with Crippen LogP contribution in [0.15, 0.2) is 47.0 Å². The maximum absolute atomic E-state index is 11.9. The summed E-state index contributed by atoms with van der Waals surface area (Å²) in [5.74, 6) is 7.87. The van der Waals surface area contributed by atoms with Gasteiger partial charge in [-0.05, 0) is 81.7 Å². The van der Waals surface area contributed by atoms with E-state index in [9.17, 15) is 4.79 Å². The maximum Gasteiger partial charge on any atom is 0.337 e. The average Bonchev–Trinajstić information content (AvgIpc) is 3.71. The average molecular weight is 550 g/mol. The number of hydrogen-bond acceptors (Lipinski definition) is 5. The molecule has 38 heavy (non-hydrogen) atoms. The molecule has 0 N–H and O–H groups in total. The van der Waals surface area contributed by atoms with Crippen LogP contribution in [0, 0.1) is 17.3 Å². The van der Waals surface area contributed by atoms with E-state index >= 15 is 0 Å². The van der Waals surface area contributed by atoms with E-state index in [0.717, 1.165) is 68.3 Å². The number of carbonyl (C=O) groups excluding carboxylic acids is 1. The lowest BCUT2D eigenvalue weighted by Crippen LogP contribution is -2.47. The Balaban J connectivity index is 1.17. The van der Waals surface area contributed by atoms with Crippen LogP contribution in [0.4, 0.5) is 0 Å². The molecule has 0 amide bonds. The number of fused-ring (bicyclic) bond motifs is 3. The highest BCUT2D eigenvalue weighted by molar-refractivity contribution is 6.39. The molecule has 1 aromatic heterocycles. The molecule has 1 heterocycles. The molecule has 0 aliphatic heterocycles. The zero-order valence-corrected chi connectivity index (χ0v) is 22.8. The van der Waals surface area contributed by atoms with E-state index in [-0.39, 0.29) is 17.0 Å². The smallest absolute Gasteiger partial charge is 0.337 e. The Morgan fingerprint density at radius 1 is 1.05 bits per heavy atom. The monoisotopic (exact) mass is 549 g/mol. The lowest BCUT2D eigenvalue weighted by atomic mass is 9.59. The summed E-state index contributed by atoms with van der Waals surface area (Å²) in [6, 6.07) is 12.8. The van der Waals surface area contributed by atoms with Crippen LogP contribution in [0.25, 0.3) is 11.3 Å². The van der Waals surface area contributed by atoms with Gasteiger partial charge >= 0.3 is 5.97 Å². The molecular weight excluding hydrogens is 521 g/mol. The molecule has 2 bridgehead atoms. The van der Waals surface area contributed by atoms with Gasteiger partial charge < -0.3 is 14.0 Å². The third kappa shape index (κ3) is 4.86. The van der Waals surface area contributed by atoms with Gasteiger partial charge in [0.15, 0.2) is 0 Å². The summed E-state index contributed by atoms with van der Waals surface area (Å²) in [6.45, 7) is 0.436. The lowest BCUT2D eigenvalue weighted by molar-refractivity contribution is -0.131.